The molecule has 1 amide bonds. The Hall–Kier alpha value is -1.32. The molecule has 0 aromatic carbocycles. The Bertz CT molecular complexity index is 261. The molecule has 0 aliphatic carbocycles. The number of carboxylic acid groups (broad SMARTS) is 1. The predicted molar refractivity (Wildman–Crippen MR) is 58.5 cm³/mol. The molecule has 0 fully saturated rings. The Morgan fingerprint density at radius 1 is 1.47 bits per heavy atom. The molecule has 0 aliphatic rings. The van der Waals surface area contributed by atoms with E-state index in [0.717, 1.165) is 5.57 Å². The Morgan fingerprint density at radius 2 is 2.00 bits per heavy atom. The highest BCUT2D eigenvalue weighted by atomic mass is 16.4. The van der Waals surface area contributed by atoms with E-state index in [1.54, 1.807) is 13.8 Å². The molecule has 0 aromatic rings. The van der Waals surface area contributed by atoms with Gasteiger partial charge in [-0.3, -0.25) is 4.79 Å². The van der Waals surface area contributed by atoms with Gasteiger partial charge in [-0.15, -0.1) is 6.58 Å². The first-order valence-corrected chi connectivity index (χ1v) is 5.06. The molecule has 0 spiro atoms. The first-order valence-electron chi connectivity index (χ1n) is 5.06. The van der Waals surface area contributed by atoms with Crippen molar-refractivity contribution >= 4 is 11.9 Å². The van der Waals surface area contributed by atoms with Crippen LogP contribution in [0.5, 0.6) is 0 Å². The molecule has 86 valence electrons. The molecular weight excluding hydrogens is 194 g/mol. The maximum Gasteiger partial charge on any atom is 0.326 e. The fourth-order valence-corrected chi connectivity index (χ4v) is 1.27. The van der Waals surface area contributed by atoms with E-state index in [-0.39, 0.29) is 11.8 Å². The van der Waals surface area contributed by atoms with Crippen molar-refractivity contribution in [1.82, 2.24) is 5.32 Å². The van der Waals surface area contributed by atoms with Crippen LogP contribution in [0.1, 0.15) is 33.6 Å². The van der Waals surface area contributed by atoms with Gasteiger partial charge in [0.1, 0.15) is 6.04 Å². The monoisotopic (exact) mass is 213 g/mol. The molecule has 4 heteroatoms. The van der Waals surface area contributed by atoms with Crippen LogP contribution < -0.4 is 5.32 Å². The van der Waals surface area contributed by atoms with Crippen LogP contribution in [0.25, 0.3) is 0 Å². The molecule has 0 saturated carbocycles. The third-order valence-corrected chi connectivity index (χ3v) is 2.13. The van der Waals surface area contributed by atoms with E-state index in [4.69, 9.17) is 5.11 Å². The van der Waals surface area contributed by atoms with E-state index in [1.165, 1.54) is 0 Å². The fourth-order valence-electron chi connectivity index (χ4n) is 1.27. The number of rotatable bonds is 6. The lowest BCUT2D eigenvalue weighted by Crippen LogP contribution is -2.42. The quantitative estimate of drug-likeness (QED) is 0.658. The van der Waals surface area contributed by atoms with E-state index in [9.17, 15) is 9.59 Å². The van der Waals surface area contributed by atoms with Crippen LogP contribution in [-0.2, 0) is 9.59 Å². The van der Waals surface area contributed by atoms with E-state index in [0.29, 0.717) is 12.8 Å². The topological polar surface area (TPSA) is 66.4 Å². The fraction of sp³-hybridized carbons (Fsp3) is 0.636. The summed E-state index contributed by atoms with van der Waals surface area (Å²) in [6.45, 7) is 9.05. The zero-order chi connectivity index (χ0) is 12.0. The molecule has 2 unspecified atom stereocenters. The van der Waals surface area contributed by atoms with Crippen LogP contribution >= 0.6 is 0 Å². The van der Waals surface area contributed by atoms with Crippen molar-refractivity contribution in [2.45, 2.75) is 39.7 Å². The number of nitrogens with one attached hydrogen (secondary N) is 1. The van der Waals surface area contributed by atoms with E-state index >= 15 is 0 Å². The van der Waals surface area contributed by atoms with Gasteiger partial charge >= 0.3 is 5.97 Å². The van der Waals surface area contributed by atoms with Crippen LogP contribution in [0.2, 0.25) is 0 Å². The second kappa shape index (κ2) is 6.22. The molecule has 0 bridgehead atoms. The molecular formula is C11H19NO3. The zero-order valence-corrected chi connectivity index (χ0v) is 9.54. The summed E-state index contributed by atoms with van der Waals surface area (Å²) in [5, 5.41) is 11.2. The number of hydrogen-bond acceptors (Lipinski definition) is 2. The van der Waals surface area contributed by atoms with Crippen LogP contribution in [0.15, 0.2) is 12.2 Å². The van der Waals surface area contributed by atoms with Crippen LogP contribution in [0.4, 0.5) is 0 Å². The summed E-state index contributed by atoms with van der Waals surface area (Å²) >= 11 is 0. The molecule has 2 N–H and O–H groups in total. The highest BCUT2D eigenvalue weighted by Gasteiger charge is 2.20. The third kappa shape index (κ3) is 5.20. The molecule has 0 saturated heterocycles. The summed E-state index contributed by atoms with van der Waals surface area (Å²) in [6, 6.07) is -0.787. The van der Waals surface area contributed by atoms with Crippen LogP contribution in [-0.4, -0.2) is 23.0 Å². The van der Waals surface area contributed by atoms with Crippen molar-refractivity contribution in [3.8, 4) is 0 Å². The molecule has 4 nitrogen and oxygen atoms in total. The number of hydrogen-bond donors (Lipinski definition) is 2. The smallest absolute Gasteiger partial charge is 0.326 e. The van der Waals surface area contributed by atoms with Crippen LogP contribution in [0, 0.1) is 5.92 Å². The summed E-state index contributed by atoms with van der Waals surface area (Å²) in [4.78, 5) is 22.2. The van der Waals surface area contributed by atoms with Gasteiger partial charge in [0.25, 0.3) is 0 Å². The molecule has 0 rings (SSSR count). The van der Waals surface area contributed by atoms with Gasteiger partial charge in [0.2, 0.25) is 5.91 Å². The number of amides is 1. The lowest BCUT2D eigenvalue weighted by Gasteiger charge is -2.16. The van der Waals surface area contributed by atoms with Gasteiger partial charge in [-0.25, -0.2) is 4.79 Å². The summed E-state index contributed by atoms with van der Waals surface area (Å²) < 4.78 is 0. The number of aliphatic carboxylic acids is 1. The van der Waals surface area contributed by atoms with E-state index in [2.05, 4.69) is 11.9 Å². The SMILES string of the molecule is C=C(C)CC(C)C(=O)NC(CC)C(=O)O. The number of allylic oxidation sites excluding steroid dienone is 1. The lowest BCUT2D eigenvalue weighted by atomic mass is 10.0. The van der Waals surface area contributed by atoms with Crippen molar-refractivity contribution in [2.75, 3.05) is 0 Å². The minimum atomic E-state index is -0.992. The molecule has 0 radical (unpaired) electrons. The Labute approximate surface area is 90.4 Å². The molecule has 15 heavy (non-hydrogen) atoms. The van der Waals surface area contributed by atoms with E-state index < -0.39 is 12.0 Å². The van der Waals surface area contributed by atoms with Gasteiger partial charge in [-0.1, -0.05) is 19.4 Å². The number of carboxylic acids is 1. The molecule has 0 aromatic heterocycles. The molecule has 0 heterocycles. The van der Waals surface area contributed by atoms with Crippen molar-refractivity contribution in [1.29, 1.82) is 0 Å². The highest BCUT2D eigenvalue weighted by Crippen LogP contribution is 2.09. The Morgan fingerprint density at radius 3 is 2.33 bits per heavy atom. The van der Waals surface area contributed by atoms with Crippen molar-refractivity contribution in [3.63, 3.8) is 0 Å². The Kier molecular flexibility index (Phi) is 5.67. The second-order valence-corrected chi connectivity index (χ2v) is 3.87. The first kappa shape index (κ1) is 13.7. The van der Waals surface area contributed by atoms with Gasteiger partial charge in [-0.2, -0.15) is 0 Å². The van der Waals surface area contributed by atoms with Crippen LogP contribution in [0.3, 0.4) is 0 Å². The maximum atomic E-state index is 11.5. The lowest BCUT2D eigenvalue weighted by molar-refractivity contribution is -0.142. The summed E-state index contributed by atoms with van der Waals surface area (Å²) in [5.41, 5.74) is 0.918. The van der Waals surface area contributed by atoms with E-state index in [1.807, 2.05) is 6.92 Å². The normalized spacial score (nSPS) is 14.1. The standard InChI is InChI=1S/C11H19NO3/c1-5-9(11(14)15)12-10(13)8(4)6-7(2)3/h8-9H,2,5-6H2,1,3-4H3,(H,12,13)(H,14,15). The van der Waals surface area contributed by atoms with Crippen molar-refractivity contribution < 1.29 is 14.7 Å². The first-order chi connectivity index (χ1) is 6.88. The van der Waals surface area contributed by atoms with Crippen molar-refractivity contribution in [3.05, 3.63) is 12.2 Å². The van der Waals surface area contributed by atoms with Gasteiger partial charge in [0, 0.05) is 5.92 Å². The minimum Gasteiger partial charge on any atom is -0.480 e. The predicted octanol–water partition coefficient (Wildman–Crippen LogP) is 1.57. The molecule has 0 aliphatic heterocycles. The van der Waals surface area contributed by atoms with Gasteiger partial charge in [0.15, 0.2) is 0 Å². The molecule has 2 atom stereocenters. The Balaban J connectivity index is 4.21. The largest absolute Gasteiger partial charge is 0.480 e. The number of carbonyl (C=O) groups excluding carboxylic acids is 1. The van der Waals surface area contributed by atoms with Crippen molar-refractivity contribution in [2.24, 2.45) is 5.92 Å². The maximum absolute atomic E-state index is 11.5. The third-order valence-electron chi connectivity index (χ3n) is 2.13. The average molecular weight is 213 g/mol. The van der Waals surface area contributed by atoms with Gasteiger partial charge in [-0.05, 0) is 19.8 Å². The number of carbonyl (C=O) groups is 2. The summed E-state index contributed by atoms with van der Waals surface area (Å²) in [5.74, 6) is -1.45. The summed E-state index contributed by atoms with van der Waals surface area (Å²) in [6.07, 6.45) is 0.975. The average Bonchev–Trinajstić information content (AvgIpc) is 2.11. The minimum absolute atomic E-state index is 0.226. The van der Waals surface area contributed by atoms with Gasteiger partial charge < -0.3 is 10.4 Å². The zero-order valence-electron chi connectivity index (χ0n) is 9.54. The highest BCUT2D eigenvalue weighted by molar-refractivity contribution is 5.84. The summed E-state index contributed by atoms with van der Waals surface area (Å²) in [7, 11) is 0. The van der Waals surface area contributed by atoms with Gasteiger partial charge in [0.05, 0.1) is 0 Å². The second-order valence-electron chi connectivity index (χ2n) is 3.87.